The lowest BCUT2D eigenvalue weighted by Crippen LogP contribution is -2.45. The largest absolute Gasteiger partial charge is 0.385 e. The lowest BCUT2D eigenvalue weighted by Gasteiger charge is -2.24. The summed E-state index contributed by atoms with van der Waals surface area (Å²) in [6.45, 7) is 2.56. The van der Waals surface area contributed by atoms with Gasteiger partial charge in [-0.2, -0.15) is 0 Å². The molecule has 3 saturated heterocycles. The van der Waals surface area contributed by atoms with E-state index in [0.717, 1.165) is 17.1 Å². The van der Waals surface area contributed by atoms with Gasteiger partial charge >= 0.3 is 0 Å². The number of rotatable bonds is 6. The third-order valence-electron chi connectivity index (χ3n) is 5.55. The summed E-state index contributed by atoms with van der Waals surface area (Å²) >= 11 is 0. The quantitative estimate of drug-likeness (QED) is 0.578. The van der Waals surface area contributed by atoms with Gasteiger partial charge in [0, 0.05) is 58.5 Å². The molecule has 3 heterocycles. The van der Waals surface area contributed by atoms with E-state index in [4.69, 9.17) is 9.47 Å². The van der Waals surface area contributed by atoms with Crippen LogP contribution in [0.2, 0.25) is 0 Å². The Hall–Kier alpha value is -1.23. The minimum Gasteiger partial charge on any atom is -0.385 e. The minimum atomic E-state index is -3.60. The molecule has 0 aromatic rings. The summed E-state index contributed by atoms with van der Waals surface area (Å²) in [5.74, 6) is -0.492. The summed E-state index contributed by atoms with van der Waals surface area (Å²) in [6, 6.07) is -0.624. The van der Waals surface area contributed by atoms with Gasteiger partial charge in [-0.1, -0.05) is 0 Å². The van der Waals surface area contributed by atoms with Crippen LogP contribution < -0.4 is 5.32 Å². The topological polar surface area (TPSA) is 105 Å². The predicted octanol–water partition coefficient (Wildman–Crippen LogP) is -0.819. The molecule has 3 rings (SSSR count). The maximum absolute atomic E-state index is 12.9. The molecule has 2 amide bonds. The Balaban J connectivity index is 1.62. The second kappa shape index (κ2) is 8.85. The Morgan fingerprint density at radius 2 is 2.07 bits per heavy atom. The fourth-order valence-corrected chi connectivity index (χ4v) is 5.53. The molecule has 0 aromatic heterocycles. The lowest BCUT2D eigenvalue weighted by molar-refractivity contribution is -0.131. The highest BCUT2D eigenvalue weighted by molar-refractivity contribution is 7.89. The zero-order chi connectivity index (χ0) is 19.4. The summed E-state index contributed by atoms with van der Waals surface area (Å²) < 4.78 is 36.2. The van der Waals surface area contributed by atoms with Crippen LogP contribution in [-0.4, -0.2) is 93.8 Å². The van der Waals surface area contributed by atoms with Crippen LogP contribution in [-0.2, 0) is 29.1 Å². The van der Waals surface area contributed by atoms with Crippen molar-refractivity contribution >= 4 is 21.8 Å². The Bertz CT molecular complexity index is 649. The number of hydrogen-bond acceptors (Lipinski definition) is 7. The van der Waals surface area contributed by atoms with Crippen molar-refractivity contribution in [1.82, 2.24) is 14.5 Å². The molecular weight excluding hydrogens is 374 g/mol. The molecule has 0 spiro atoms. The summed E-state index contributed by atoms with van der Waals surface area (Å²) in [5, 5.41) is 3.06. The van der Waals surface area contributed by atoms with Crippen LogP contribution in [0.5, 0.6) is 0 Å². The second-order valence-corrected chi connectivity index (χ2v) is 9.42. The molecule has 2 atom stereocenters. The van der Waals surface area contributed by atoms with Crippen molar-refractivity contribution in [3.8, 4) is 0 Å². The van der Waals surface area contributed by atoms with Gasteiger partial charge in [0.2, 0.25) is 15.9 Å². The van der Waals surface area contributed by atoms with Gasteiger partial charge in [-0.15, -0.1) is 0 Å². The number of nitrogens with zero attached hydrogens (tertiary/aromatic N) is 2. The van der Waals surface area contributed by atoms with Gasteiger partial charge in [-0.05, 0) is 25.7 Å². The molecule has 2 unspecified atom stereocenters. The molecule has 10 heteroatoms. The van der Waals surface area contributed by atoms with E-state index in [9.17, 15) is 18.0 Å². The van der Waals surface area contributed by atoms with Crippen molar-refractivity contribution in [3.05, 3.63) is 0 Å². The molecule has 1 N–H and O–H groups in total. The average molecular weight is 404 g/mol. The van der Waals surface area contributed by atoms with Gasteiger partial charge in [-0.25, -0.2) is 12.7 Å². The highest BCUT2D eigenvalue weighted by atomic mass is 32.2. The van der Waals surface area contributed by atoms with Crippen LogP contribution in [0, 0.1) is 5.92 Å². The Morgan fingerprint density at radius 3 is 2.78 bits per heavy atom. The van der Waals surface area contributed by atoms with Gasteiger partial charge in [0.25, 0.3) is 5.91 Å². The van der Waals surface area contributed by atoms with Gasteiger partial charge in [0.1, 0.15) is 0 Å². The lowest BCUT2D eigenvalue weighted by atomic mass is 9.99. The standard InChI is InChI=1S/C17H29N3O6S/c1-25-7-2-5-20-17(22)15-11-14(12-19(15)6-10-27(20,23)24)18-16(21)13-3-8-26-9-4-13/h13-15H,2-12H2,1H3,(H,18,21). The number of methoxy groups -OCH3 is 1. The van der Waals surface area contributed by atoms with Crippen LogP contribution in [0.15, 0.2) is 0 Å². The zero-order valence-electron chi connectivity index (χ0n) is 15.8. The molecule has 27 heavy (non-hydrogen) atoms. The number of ether oxygens (including phenoxy) is 2. The fraction of sp³-hybridized carbons (Fsp3) is 0.882. The maximum Gasteiger partial charge on any atom is 0.253 e. The summed E-state index contributed by atoms with van der Waals surface area (Å²) in [5.41, 5.74) is 0. The number of carbonyl (C=O) groups is 2. The molecule has 0 aliphatic carbocycles. The number of sulfonamides is 1. The third kappa shape index (κ3) is 4.79. The first-order valence-electron chi connectivity index (χ1n) is 9.57. The van der Waals surface area contributed by atoms with Crippen LogP contribution in [0.3, 0.4) is 0 Å². The molecule has 9 nitrogen and oxygen atoms in total. The molecule has 154 valence electrons. The van der Waals surface area contributed by atoms with Crippen LogP contribution >= 0.6 is 0 Å². The molecule has 0 aromatic carbocycles. The Morgan fingerprint density at radius 1 is 1.33 bits per heavy atom. The fourth-order valence-electron chi connectivity index (χ4n) is 4.04. The molecule has 3 fully saturated rings. The number of amides is 2. The SMILES string of the molecule is COCCCN1C(=O)C2CC(NC(=O)C3CCOCC3)CN2CCS1(=O)=O. The van der Waals surface area contributed by atoms with Crippen LogP contribution in [0.25, 0.3) is 0 Å². The van der Waals surface area contributed by atoms with Crippen molar-refractivity contribution in [1.29, 1.82) is 0 Å². The molecule has 0 saturated carbocycles. The number of hydrogen-bond donors (Lipinski definition) is 1. The number of nitrogens with one attached hydrogen (secondary N) is 1. The first-order valence-corrected chi connectivity index (χ1v) is 11.2. The van der Waals surface area contributed by atoms with Crippen LogP contribution in [0.1, 0.15) is 25.7 Å². The summed E-state index contributed by atoms with van der Waals surface area (Å²) in [7, 11) is -2.06. The molecule has 3 aliphatic rings. The van der Waals surface area contributed by atoms with E-state index in [1.165, 1.54) is 0 Å². The normalized spacial score (nSPS) is 29.4. The highest BCUT2D eigenvalue weighted by Crippen LogP contribution is 2.25. The van der Waals surface area contributed by atoms with Crippen molar-refractivity contribution in [2.24, 2.45) is 5.92 Å². The van der Waals surface area contributed by atoms with E-state index in [1.54, 1.807) is 7.11 Å². The van der Waals surface area contributed by atoms with Gasteiger partial charge < -0.3 is 14.8 Å². The van der Waals surface area contributed by atoms with Gasteiger partial charge in [-0.3, -0.25) is 14.5 Å². The van der Waals surface area contributed by atoms with E-state index in [0.29, 0.717) is 45.8 Å². The first-order chi connectivity index (χ1) is 12.9. The first kappa shape index (κ1) is 20.5. The van der Waals surface area contributed by atoms with E-state index in [2.05, 4.69) is 5.32 Å². The smallest absolute Gasteiger partial charge is 0.253 e. The molecule has 0 radical (unpaired) electrons. The van der Waals surface area contributed by atoms with Gasteiger partial charge in [0.15, 0.2) is 0 Å². The highest BCUT2D eigenvalue weighted by Gasteiger charge is 2.45. The maximum atomic E-state index is 12.9. The predicted molar refractivity (Wildman–Crippen MR) is 97.4 cm³/mol. The third-order valence-corrected chi connectivity index (χ3v) is 7.29. The average Bonchev–Trinajstić information content (AvgIpc) is 3.03. The van der Waals surface area contributed by atoms with E-state index >= 15 is 0 Å². The molecular formula is C17H29N3O6S. The zero-order valence-corrected chi connectivity index (χ0v) is 16.6. The summed E-state index contributed by atoms with van der Waals surface area (Å²) in [4.78, 5) is 27.3. The minimum absolute atomic E-state index is 0.0120. The van der Waals surface area contributed by atoms with Crippen LogP contribution in [0.4, 0.5) is 0 Å². The Labute approximate surface area is 160 Å². The van der Waals surface area contributed by atoms with E-state index in [-0.39, 0.29) is 36.1 Å². The second-order valence-electron chi connectivity index (χ2n) is 7.41. The van der Waals surface area contributed by atoms with Crippen molar-refractivity contribution in [3.63, 3.8) is 0 Å². The number of carbonyl (C=O) groups excluding carboxylic acids is 2. The summed E-state index contributed by atoms with van der Waals surface area (Å²) in [6.07, 6.45) is 2.36. The van der Waals surface area contributed by atoms with Gasteiger partial charge in [0.05, 0.1) is 11.8 Å². The van der Waals surface area contributed by atoms with Crippen molar-refractivity contribution < 1.29 is 27.5 Å². The number of fused-ring (bicyclic) bond motifs is 1. The van der Waals surface area contributed by atoms with E-state index < -0.39 is 16.1 Å². The monoisotopic (exact) mass is 403 g/mol. The Kier molecular flexibility index (Phi) is 6.72. The van der Waals surface area contributed by atoms with Crippen molar-refractivity contribution in [2.75, 3.05) is 52.3 Å². The molecule has 0 bridgehead atoms. The molecule has 3 aliphatic heterocycles. The van der Waals surface area contributed by atoms with E-state index in [1.807, 2.05) is 4.90 Å². The van der Waals surface area contributed by atoms with Crippen molar-refractivity contribution in [2.45, 2.75) is 37.8 Å².